The molecule has 0 atom stereocenters. The quantitative estimate of drug-likeness (QED) is 0.721. The third kappa shape index (κ3) is 2.27. The van der Waals surface area contributed by atoms with E-state index in [0.29, 0.717) is 11.2 Å². The lowest BCUT2D eigenvalue weighted by Crippen LogP contribution is -2.12. The van der Waals surface area contributed by atoms with Crippen LogP contribution in [0.2, 0.25) is 0 Å². The van der Waals surface area contributed by atoms with Gasteiger partial charge in [-0.15, -0.1) is 0 Å². The maximum Gasteiger partial charge on any atom is 0.434 e. The molecule has 9 heteroatoms. The summed E-state index contributed by atoms with van der Waals surface area (Å²) >= 11 is 0. The zero-order valence-corrected chi connectivity index (χ0v) is 12.1. The molecular formula is C15H9F3N6. The molecule has 1 saturated carbocycles. The number of aromatic nitrogens is 5. The minimum Gasteiger partial charge on any atom is -0.305 e. The molecule has 1 aliphatic carbocycles. The molecule has 4 rings (SSSR count). The van der Waals surface area contributed by atoms with Crippen LogP contribution in [0.5, 0.6) is 0 Å². The van der Waals surface area contributed by atoms with Gasteiger partial charge in [0.1, 0.15) is 29.4 Å². The van der Waals surface area contributed by atoms with Crippen LogP contribution in [0.25, 0.3) is 22.6 Å². The van der Waals surface area contributed by atoms with E-state index in [2.05, 4.69) is 19.9 Å². The molecule has 1 aliphatic rings. The van der Waals surface area contributed by atoms with Crippen LogP contribution < -0.4 is 0 Å². The molecule has 0 unspecified atom stereocenters. The molecule has 120 valence electrons. The summed E-state index contributed by atoms with van der Waals surface area (Å²) < 4.78 is 41.5. The van der Waals surface area contributed by atoms with Crippen molar-refractivity contribution in [3.63, 3.8) is 0 Å². The Morgan fingerprint density at radius 1 is 1.21 bits per heavy atom. The Labute approximate surface area is 133 Å². The number of rotatable bonds is 2. The van der Waals surface area contributed by atoms with E-state index < -0.39 is 11.9 Å². The Morgan fingerprint density at radius 2 is 2.00 bits per heavy atom. The van der Waals surface area contributed by atoms with E-state index in [1.165, 1.54) is 6.07 Å². The Bertz CT molecular complexity index is 981. The first-order valence-corrected chi connectivity index (χ1v) is 7.15. The minimum atomic E-state index is -4.62. The van der Waals surface area contributed by atoms with Crippen molar-refractivity contribution in [2.75, 3.05) is 0 Å². The molecule has 24 heavy (non-hydrogen) atoms. The van der Waals surface area contributed by atoms with Crippen LogP contribution in [0.4, 0.5) is 13.2 Å². The molecule has 1 fully saturated rings. The summed E-state index contributed by atoms with van der Waals surface area (Å²) in [5.74, 6) is 0.128. The molecule has 3 heterocycles. The number of alkyl halides is 3. The number of hydrogen-bond donors (Lipinski definition) is 0. The van der Waals surface area contributed by atoms with E-state index in [0.717, 1.165) is 25.4 Å². The zero-order valence-electron chi connectivity index (χ0n) is 12.1. The van der Waals surface area contributed by atoms with Crippen molar-refractivity contribution >= 4 is 11.2 Å². The van der Waals surface area contributed by atoms with E-state index in [1.807, 2.05) is 6.07 Å². The molecule has 0 spiro atoms. The molecule has 0 N–H and O–H groups in total. The fraction of sp³-hybridized carbons (Fsp3) is 0.267. The molecule has 0 aromatic carbocycles. The van der Waals surface area contributed by atoms with Gasteiger partial charge in [-0.3, -0.25) is 0 Å². The van der Waals surface area contributed by atoms with Gasteiger partial charge in [-0.25, -0.2) is 19.9 Å². The van der Waals surface area contributed by atoms with Gasteiger partial charge < -0.3 is 4.57 Å². The number of pyridine rings is 1. The minimum absolute atomic E-state index is 0.0210. The van der Waals surface area contributed by atoms with Crippen LogP contribution in [0, 0.1) is 11.3 Å². The van der Waals surface area contributed by atoms with E-state index in [1.54, 1.807) is 10.6 Å². The molecule has 6 nitrogen and oxygen atoms in total. The van der Waals surface area contributed by atoms with E-state index in [4.69, 9.17) is 5.26 Å². The van der Waals surface area contributed by atoms with Crippen LogP contribution in [0.1, 0.15) is 30.3 Å². The summed E-state index contributed by atoms with van der Waals surface area (Å²) in [5, 5.41) is 9.01. The van der Waals surface area contributed by atoms with E-state index in [9.17, 15) is 13.2 Å². The van der Waals surface area contributed by atoms with Crippen molar-refractivity contribution in [1.82, 2.24) is 24.5 Å². The number of halogens is 3. The van der Waals surface area contributed by atoms with Crippen LogP contribution >= 0.6 is 0 Å². The highest BCUT2D eigenvalue weighted by Gasteiger charge is 2.38. The maximum absolute atomic E-state index is 13.3. The molecular weight excluding hydrogens is 321 g/mol. The summed E-state index contributed by atoms with van der Waals surface area (Å²) in [4.78, 5) is 15.6. The molecule has 0 amide bonds. The molecule has 0 aliphatic heterocycles. The lowest BCUT2D eigenvalue weighted by Gasteiger charge is -2.12. The zero-order chi connectivity index (χ0) is 16.9. The van der Waals surface area contributed by atoms with Crippen LogP contribution in [0.3, 0.4) is 0 Å². The second-order valence-corrected chi connectivity index (χ2v) is 5.47. The molecule has 3 aromatic heterocycles. The van der Waals surface area contributed by atoms with Crippen LogP contribution in [-0.2, 0) is 6.18 Å². The highest BCUT2D eigenvalue weighted by atomic mass is 19.4. The standard InChI is InChI=1S/C15H9F3N6/c16-15(17,18)12-10(6-20-7-21-12)13-23-11-4-1-8(5-19)22-14(11)24(13)9-2-3-9/h1,4,6-7,9H,2-3H2. The average Bonchev–Trinajstić information content (AvgIpc) is 3.33. The number of fused-ring (bicyclic) bond motifs is 1. The number of nitrogens with zero attached hydrogens (tertiary/aromatic N) is 6. The van der Waals surface area contributed by atoms with Gasteiger partial charge in [-0.1, -0.05) is 0 Å². The molecule has 0 bridgehead atoms. The third-order valence-electron chi connectivity index (χ3n) is 3.79. The summed E-state index contributed by atoms with van der Waals surface area (Å²) in [5.41, 5.74) is -0.184. The highest BCUT2D eigenvalue weighted by molar-refractivity contribution is 5.78. The van der Waals surface area contributed by atoms with Gasteiger partial charge in [0.05, 0.1) is 5.56 Å². The van der Waals surface area contributed by atoms with Gasteiger partial charge in [0, 0.05) is 12.2 Å². The van der Waals surface area contributed by atoms with Crippen molar-refractivity contribution in [3.8, 4) is 17.5 Å². The number of nitriles is 1. The fourth-order valence-electron chi connectivity index (χ4n) is 2.62. The van der Waals surface area contributed by atoms with Gasteiger partial charge in [-0.2, -0.15) is 18.4 Å². The second kappa shape index (κ2) is 4.99. The smallest absolute Gasteiger partial charge is 0.305 e. The van der Waals surface area contributed by atoms with E-state index >= 15 is 0 Å². The van der Waals surface area contributed by atoms with Crippen molar-refractivity contribution in [2.24, 2.45) is 0 Å². The number of hydrogen-bond acceptors (Lipinski definition) is 5. The second-order valence-electron chi connectivity index (χ2n) is 5.47. The first-order valence-electron chi connectivity index (χ1n) is 7.15. The van der Waals surface area contributed by atoms with Crippen molar-refractivity contribution in [3.05, 3.63) is 36.0 Å². The Balaban J connectivity index is 2.02. The summed E-state index contributed by atoms with van der Waals surface area (Å²) in [6, 6.07) is 5.03. The van der Waals surface area contributed by atoms with Crippen LogP contribution in [-0.4, -0.2) is 24.5 Å². The Morgan fingerprint density at radius 3 is 2.67 bits per heavy atom. The predicted molar refractivity (Wildman–Crippen MR) is 76.5 cm³/mol. The SMILES string of the molecule is N#Cc1ccc2nc(-c3cncnc3C(F)(F)F)n(C3CC3)c2n1. The number of imidazole rings is 1. The Hall–Kier alpha value is -3.02. The molecule has 0 saturated heterocycles. The maximum atomic E-state index is 13.3. The van der Waals surface area contributed by atoms with Crippen molar-refractivity contribution in [1.29, 1.82) is 5.26 Å². The monoisotopic (exact) mass is 330 g/mol. The van der Waals surface area contributed by atoms with Gasteiger partial charge in [0.15, 0.2) is 11.3 Å². The summed E-state index contributed by atoms with van der Waals surface area (Å²) in [6.45, 7) is 0. The van der Waals surface area contributed by atoms with E-state index in [-0.39, 0.29) is 23.1 Å². The Kier molecular flexibility index (Phi) is 3.03. The average molecular weight is 330 g/mol. The third-order valence-corrected chi connectivity index (χ3v) is 3.79. The van der Waals surface area contributed by atoms with Gasteiger partial charge in [0.2, 0.25) is 0 Å². The topological polar surface area (TPSA) is 80.3 Å². The summed E-state index contributed by atoms with van der Waals surface area (Å²) in [7, 11) is 0. The fourth-order valence-corrected chi connectivity index (χ4v) is 2.62. The molecule has 3 aromatic rings. The van der Waals surface area contributed by atoms with Crippen molar-refractivity contribution < 1.29 is 13.2 Å². The largest absolute Gasteiger partial charge is 0.434 e. The highest BCUT2D eigenvalue weighted by Crippen LogP contribution is 2.42. The van der Waals surface area contributed by atoms with Crippen LogP contribution in [0.15, 0.2) is 24.7 Å². The first kappa shape index (κ1) is 14.6. The van der Waals surface area contributed by atoms with Gasteiger partial charge in [-0.05, 0) is 25.0 Å². The first-order chi connectivity index (χ1) is 11.5. The normalized spacial score (nSPS) is 14.8. The lowest BCUT2D eigenvalue weighted by molar-refractivity contribution is -0.140. The van der Waals surface area contributed by atoms with Gasteiger partial charge >= 0.3 is 6.18 Å². The summed E-state index contributed by atoms with van der Waals surface area (Å²) in [6.07, 6.45) is -0.989. The lowest BCUT2D eigenvalue weighted by atomic mass is 10.2. The van der Waals surface area contributed by atoms with Crippen molar-refractivity contribution in [2.45, 2.75) is 25.1 Å². The molecule has 0 radical (unpaired) electrons. The van der Waals surface area contributed by atoms with Gasteiger partial charge in [0.25, 0.3) is 0 Å². The predicted octanol–water partition coefficient (Wildman–Crippen LogP) is 3.11.